The van der Waals surface area contributed by atoms with E-state index in [-0.39, 0.29) is 17.0 Å². The predicted octanol–water partition coefficient (Wildman–Crippen LogP) is 3.93. The average Bonchev–Trinajstić information content (AvgIpc) is 3.14. The van der Waals surface area contributed by atoms with Crippen molar-refractivity contribution in [2.75, 3.05) is 5.32 Å². The summed E-state index contributed by atoms with van der Waals surface area (Å²) in [6, 6.07) is 29.2. The molecule has 0 aliphatic heterocycles. The van der Waals surface area contributed by atoms with E-state index in [4.69, 9.17) is 0 Å². The molecule has 0 bridgehead atoms. The highest BCUT2D eigenvalue weighted by molar-refractivity contribution is 9.10. The van der Waals surface area contributed by atoms with Gasteiger partial charge in [-0.05, 0) is 43.3 Å². The first-order valence-corrected chi connectivity index (χ1v) is 10.7. The molecule has 1 N–H and O–H groups in total. The van der Waals surface area contributed by atoms with E-state index in [1.807, 2.05) is 12.1 Å². The molecule has 5 heteroatoms. The zero-order valence-electron chi connectivity index (χ0n) is 15.8. The molecule has 2 nitrogen and oxygen atoms in total. The zero-order chi connectivity index (χ0) is 19.3. The Hall–Kier alpha value is -2.21. The largest absolute Gasteiger partial charge is 1.00 e. The van der Waals surface area contributed by atoms with Gasteiger partial charge < -0.3 is 22.3 Å². The van der Waals surface area contributed by atoms with Gasteiger partial charge in [-0.15, -0.1) is 4.57 Å². The second kappa shape index (κ2) is 10.0. The molecule has 0 unspecified atom stereocenters. The summed E-state index contributed by atoms with van der Waals surface area (Å²) in [5.41, 5.74) is 5.72. The van der Waals surface area contributed by atoms with Crippen molar-refractivity contribution in [3.63, 3.8) is 0 Å². The normalized spacial score (nSPS) is 11.0. The van der Waals surface area contributed by atoms with Gasteiger partial charge in [0, 0.05) is 39.6 Å². The first kappa shape index (κ1) is 21.5. The second-order valence-corrected chi connectivity index (χ2v) is 8.26. The number of para-hydroxylation sites is 1. The van der Waals surface area contributed by atoms with E-state index < -0.39 is 0 Å². The molecule has 0 aliphatic rings. The fourth-order valence-electron chi connectivity index (χ4n) is 3.07. The SMILES string of the molecule is C/C(=C\c1scc(-c2ccccc2)[n+]1-c1ccccc1)Nc1ccc(Br)cc1.[Br-]. The van der Waals surface area contributed by atoms with Gasteiger partial charge in [-0.2, -0.15) is 0 Å². The minimum Gasteiger partial charge on any atom is -1.00 e. The topological polar surface area (TPSA) is 15.9 Å². The van der Waals surface area contributed by atoms with Crippen molar-refractivity contribution in [1.29, 1.82) is 0 Å². The fourth-order valence-corrected chi connectivity index (χ4v) is 4.36. The summed E-state index contributed by atoms with van der Waals surface area (Å²) < 4.78 is 3.39. The molecule has 0 atom stereocenters. The van der Waals surface area contributed by atoms with Crippen molar-refractivity contribution in [3.8, 4) is 16.9 Å². The Balaban J connectivity index is 0.00000240. The van der Waals surface area contributed by atoms with Crippen molar-refractivity contribution in [2.24, 2.45) is 0 Å². The van der Waals surface area contributed by atoms with Gasteiger partial charge >= 0.3 is 0 Å². The molecule has 29 heavy (non-hydrogen) atoms. The third-order valence-corrected chi connectivity index (χ3v) is 5.77. The molecule has 0 amide bonds. The number of thiazole rings is 1. The van der Waals surface area contributed by atoms with Gasteiger partial charge in [0.05, 0.1) is 5.38 Å². The maximum atomic E-state index is 3.48. The van der Waals surface area contributed by atoms with Gasteiger partial charge in [0.25, 0.3) is 5.01 Å². The summed E-state index contributed by atoms with van der Waals surface area (Å²) in [5, 5.41) is 6.88. The summed E-state index contributed by atoms with van der Waals surface area (Å²) in [4.78, 5) is 0. The number of rotatable bonds is 5. The van der Waals surface area contributed by atoms with Crippen LogP contribution in [0, 0.1) is 0 Å². The molecule has 4 aromatic rings. The van der Waals surface area contributed by atoms with Crippen molar-refractivity contribution >= 4 is 39.0 Å². The Kier molecular flexibility index (Phi) is 7.42. The Morgan fingerprint density at radius 1 is 0.897 bits per heavy atom. The highest BCUT2D eigenvalue weighted by Gasteiger charge is 2.22. The van der Waals surface area contributed by atoms with E-state index in [0.717, 1.165) is 21.5 Å². The van der Waals surface area contributed by atoms with Crippen molar-refractivity contribution < 1.29 is 21.5 Å². The summed E-state index contributed by atoms with van der Waals surface area (Å²) in [6.07, 6.45) is 2.20. The first-order chi connectivity index (χ1) is 13.7. The summed E-state index contributed by atoms with van der Waals surface area (Å²) in [6.45, 7) is 2.10. The van der Waals surface area contributed by atoms with E-state index in [2.05, 4.69) is 117 Å². The van der Waals surface area contributed by atoms with E-state index in [1.54, 1.807) is 11.3 Å². The first-order valence-electron chi connectivity index (χ1n) is 9.06. The van der Waals surface area contributed by atoms with Crippen LogP contribution in [-0.2, 0) is 0 Å². The quantitative estimate of drug-likeness (QED) is 0.389. The predicted molar refractivity (Wildman–Crippen MR) is 123 cm³/mol. The highest BCUT2D eigenvalue weighted by Crippen LogP contribution is 2.24. The van der Waals surface area contributed by atoms with Gasteiger partial charge in [0.15, 0.2) is 0 Å². The molecule has 3 aromatic carbocycles. The Bertz CT molecular complexity index is 1090. The average molecular weight is 528 g/mol. The molecule has 0 spiro atoms. The van der Waals surface area contributed by atoms with Crippen molar-refractivity contribution in [3.05, 3.63) is 105 Å². The van der Waals surface area contributed by atoms with E-state index in [9.17, 15) is 0 Å². The fraction of sp³-hybridized carbons (Fsp3) is 0.0417. The molecule has 1 heterocycles. The molecule has 0 radical (unpaired) electrons. The van der Waals surface area contributed by atoms with Crippen LogP contribution in [0.15, 0.2) is 100 Å². The second-order valence-electron chi connectivity index (χ2n) is 6.46. The van der Waals surface area contributed by atoms with E-state index >= 15 is 0 Å². The highest BCUT2D eigenvalue weighted by atomic mass is 79.9. The maximum Gasteiger partial charge on any atom is 0.269 e. The molecular formula is C24H20Br2N2S. The number of hydrogen-bond acceptors (Lipinski definition) is 2. The lowest BCUT2D eigenvalue weighted by Crippen LogP contribution is -3.00. The minimum absolute atomic E-state index is 0. The van der Waals surface area contributed by atoms with Crippen LogP contribution in [0.2, 0.25) is 0 Å². The van der Waals surface area contributed by atoms with Crippen LogP contribution in [0.1, 0.15) is 11.9 Å². The summed E-state index contributed by atoms with van der Waals surface area (Å²) in [5.74, 6) is 0. The minimum atomic E-state index is 0. The van der Waals surface area contributed by atoms with Gasteiger partial charge in [-0.25, -0.2) is 0 Å². The lowest BCUT2D eigenvalue weighted by Gasteiger charge is -2.06. The number of hydrogen-bond donors (Lipinski definition) is 1. The zero-order valence-corrected chi connectivity index (χ0v) is 19.8. The molecule has 0 aliphatic carbocycles. The van der Waals surface area contributed by atoms with Gasteiger partial charge in [-0.3, -0.25) is 0 Å². The van der Waals surface area contributed by atoms with Crippen LogP contribution in [-0.4, -0.2) is 0 Å². The number of anilines is 1. The van der Waals surface area contributed by atoms with Gasteiger partial charge in [0.2, 0.25) is 11.4 Å². The number of nitrogens with one attached hydrogen (secondary N) is 1. The third-order valence-electron chi connectivity index (χ3n) is 4.36. The number of halogens is 2. The number of nitrogens with zero attached hydrogens (tertiary/aromatic N) is 1. The Morgan fingerprint density at radius 2 is 1.52 bits per heavy atom. The summed E-state index contributed by atoms with van der Waals surface area (Å²) >= 11 is 5.23. The number of aromatic nitrogens is 1. The lowest BCUT2D eigenvalue weighted by molar-refractivity contribution is -0.580. The molecule has 0 fully saturated rings. The Labute approximate surface area is 194 Å². The van der Waals surface area contributed by atoms with Crippen molar-refractivity contribution in [1.82, 2.24) is 0 Å². The van der Waals surface area contributed by atoms with E-state index in [1.165, 1.54) is 16.3 Å². The lowest BCUT2D eigenvalue weighted by atomic mass is 10.1. The molecule has 0 saturated carbocycles. The molecule has 1 aromatic heterocycles. The van der Waals surface area contributed by atoms with Crippen LogP contribution in [0.4, 0.5) is 5.69 Å². The van der Waals surface area contributed by atoms with Gasteiger partial charge in [0.1, 0.15) is 0 Å². The third kappa shape index (κ3) is 5.24. The Morgan fingerprint density at radius 3 is 2.17 bits per heavy atom. The smallest absolute Gasteiger partial charge is 0.269 e. The van der Waals surface area contributed by atoms with Crippen LogP contribution >= 0.6 is 27.3 Å². The van der Waals surface area contributed by atoms with Crippen LogP contribution < -0.4 is 26.9 Å². The van der Waals surface area contributed by atoms with Crippen molar-refractivity contribution in [2.45, 2.75) is 6.92 Å². The monoisotopic (exact) mass is 526 g/mol. The molecule has 0 saturated heterocycles. The molecular weight excluding hydrogens is 508 g/mol. The van der Waals surface area contributed by atoms with Crippen LogP contribution in [0.25, 0.3) is 23.0 Å². The number of benzene rings is 3. The van der Waals surface area contributed by atoms with E-state index in [0.29, 0.717) is 0 Å². The molecule has 4 rings (SSSR count). The summed E-state index contributed by atoms with van der Waals surface area (Å²) in [7, 11) is 0. The maximum absolute atomic E-state index is 3.48. The van der Waals surface area contributed by atoms with Crippen LogP contribution in [0.3, 0.4) is 0 Å². The van der Waals surface area contributed by atoms with Gasteiger partial charge in [-0.1, -0.05) is 63.7 Å². The molecule has 146 valence electrons. The van der Waals surface area contributed by atoms with Crippen LogP contribution in [0.5, 0.6) is 0 Å². The standard InChI is InChI=1S/C24H19BrN2S.BrH/c1-18(26-21-14-12-20(25)13-15-21)16-24-27(22-10-6-3-7-11-22)23(17-28-24)19-8-4-2-5-9-19;/h2-17H,1H3;1H. The number of allylic oxidation sites excluding steroid dienone is 1.